The Morgan fingerprint density at radius 1 is 1.30 bits per heavy atom. The van der Waals surface area contributed by atoms with Gasteiger partial charge in [-0.15, -0.1) is 0 Å². The Kier molecular flexibility index (Phi) is 5.42. The Hall–Kier alpha value is -1.06. The van der Waals surface area contributed by atoms with Crippen molar-refractivity contribution >= 4 is 0 Å². The third kappa shape index (κ3) is 5.08. The molecule has 0 amide bonds. The van der Waals surface area contributed by atoms with Crippen molar-refractivity contribution in [1.29, 1.82) is 10.5 Å². The summed E-state index contributed by atoms with van der Waals surface area (Å²) in [5.74, 6) is 0. The molecule has 0 aromatic carbocycles. The lowest BCUT2D eigenvalue weighted by Crippen LogP contribution is -2.18. The fourth-order valence-corrected chi connectivity index (χ4v) is 0.663. The van der Waals surface area contributed by atoms with E-state index in [0.29, 0.717) is 12.8 Å². The molecule has 0 aliphatic rings. The molecule has 0 spiro atoms. The Bertz CT molecular complexity index is 151. The van der Waals surface area contributed by atoms with E-state index in [2.05, 4.69) is 0 Å². The van der Waals surface area contributed by atoms with Gasteiger partial charge in [-0.1, -0.05) is 0 Å². The van der Waals surface area contributed by atoms with E-state index >= 15 is 0 Å². The first-order chi connectivity index (χ1) is 4.81. The molecule has 0 bridgehead atoms. The van der Waals surface area contributed by atoms with Crippen molar-refractivity contribution in [3.8, 4) is 12.1 Å². The van der Waals surface area contributed by atoms with Gasteiger partial charge in [-0.2, -0.15) is 10.5 Å². The first kappa shape index (κ1) is 8.94. The fraction of sp³-hybridized carbons (Fsp3) is 0.714. The highest BCUT2D eigenvalue weighted by atomic mass is 14.6. The average Bonchev–Trinajstić information content (AvgIpc) is 1.89. The van der Waals surface area contributed by atoms with Gasteiger partial charge in [0.25, 0.3) is 0 Å². The molecule has 54 valence electrons. The largest absolute Gasteiger partial charge is 0.327 e. The van der Waals surface area contributed by atoms with Gasteiger partial charge >= 0.3 is 0 Å². The van der Waals surface area contributed by atoms with Crippen molar-refractivity contribution in [1.82, 2.24) is 0 Å². The second-order valence-corrected chi connectivity index (χ2v) is 2.17. The molecule has 0 saturated heterocycles. The van der Waals surface area contributed by atoms with Gasteiger partial charge in [0.05, 0.1) is 18.6 Å². The number of nitrogens with two attached hydrogens (primary N) is 1. The van der Waals surface area contributed by atoms with Crippen LogP contribution in [-0.4, -0.2) is 6.04 Å². The molecule has 0 aromatic heterocycles. The van der Waals surface area contributed by atoms with Crippen LogP contribution in [0.25, 0.3) is 0 Å². The lowest BCUT2D eigenvalue weighted by Gasteiger charge is -2.02. The van der Waals surface area contributed by atoms with Crippen molar-refractivity contribution in [2.45, 2.75) is 31.7 Å². The van der Waals surface area contributed by atoms with E-state index in [9.17, 15) is 0 Å². The van der Waals surface area contributed by atoms with Crippen LogP contribution < -0.4 is 5.73 Å². The fourth-order valence-electron chi connectivity index (χ4n) is 0.663. The highest BCUT2D eigenvalue weighted by Crippen LogP contribution is 1.99. The molecule has 1 atom stereocenters. The summed E-state index contributed by atoms with van der Waals surface area (Å²) < 4.78 is 0. The van der Waals surface area contributed by atoms with Crippen molar-refractivity contribution < 1.29 is 0 Å². The molecule has 0 fully saturated rings. The Balaban J connectivity index is 3.16. The molecule has 3 heteroatoms. The van der Waals surface area contributed by atoms with Crippen molar-refractivity contribution in [2.24, 2.45) is 5.73 Å². The van der Waals surface area contributed by atoms with E-state index in [1.165, 1.54) is 0 Å². The average molecular weight is 137 g/mol. The van der Waals surface area contributed by atoms with Gasteiger partial charge in [-0.05, 0) is 12.8 Å². The molecule has 2 N–H and O–H groups in total. The maximum atomic E-state index is 8.20. The lowest BCUT2D eigenvalue weighted by atomic mass is 10.1. The lowest BCUT2D eigenvalue weighted by molar-refractivity contribution is 0.599. The molecule has 0 aromatic rings. The van der Waals surface area contributed by atoms with E-state index in [-0.39, 0.29) is 6.04 Å². The molecule has 1 unspecified atom stereocenters. The standard InChI is InChI=1S/C7H11N3/c8-5-2-1-3-7(10)4-6-9/h7H,1-4,10H2. The third-order valence-electron chi connectivity index (χ3n) is 1.22. The number of hydrogen-bond donors (Lipinski definition) is 1. The van der Waals surface area contributed by atoms with Crippen LogP contribution in [0.5, 0.6) is 0 Å². The summed E-state index contributed by atoms with van der Waals surface area (Å²) in [5, 5.41) is 16.4. The van der Waals surface area contributed by atoms with Gasteiger partial charge in [-0.25, -0.2) is 0 Å². The summed E-state index contributed by atoms with van der Waals surface area (Å²) in [6, 6.07) is 3.97. The topological polar surface area (TPSA) is 73.6 Å². The molecule has 3 nitrogen and oxygen atoms in total. The first-order valence-corrected chi connectivity index (χ1v) is 3.30. The number of nitrogens with zero attached hydrogens (tertiary/aromatic N) is 2. The van der Waals surface area contributed by atoms with E-state index in [1.54, 1.807) is 0 Å². The number of hydrogen-bond acceptors (Lipinski definition) is 3. The number of unbranched alkanes of at least 4 members (excludes halogenated alkanes) is 1. The van der Waals surface area contributed by atoms with Gasteiger partial charge in [-0.3, -0.25) is 0 Å². The van der Waals surface area contributed by atoms with Crippen molar-refractivity contribution in [3.05, 3.63) is 0 Å². The van der Waals surface area contributed by atoms with E-state index in [4.69, 9.17) is 16.3 Å². The maximum Gasteiger partial charge on any atom is 0.0638 e. The van der Waals surface area contributed by atoms with Gasteiger partial charge in [0.1, 0.15) is 0 Å². The summed E-state index contributed by atoms with van der Waals surface area (Å²) in [7, 11) is 0. The Morgan fingerprint density at radius 2 is 2.00 bits per heavy atom. The minimum atomic E-state index is -0.0432. The molecule has 0 aliphatic carbocycles. The molecular weight excluding hydrogens is 126 g/mol. The smallest absolute Gasteiger partial charge is 0.0638 e. The maximum absolute atomic E-state index is 8.20. The SMILES string of the molecule is N#CCCCC(N)CC#N. The van der Waals surface area contributed by atoms with Crippen LogP contribution in [0.15, 0.2) is 0 Å². The summed E-state index contributed by atoms with van der Waals surface area (Å²) in [6.45, 7) is 0. The predicted molar refractivity (Wildman–Crippen MR) is 37.7 cm³/mol. The molecule has 10 heavy (non-hydrogen) atoms. The number of rotatable bonds is 4. The molecular formula is C7H11N3. The summed E-state index contributed by atoms with van der Waals surface area (Å²) >= 11 is 0. The minimum absolute atomic E-state index is 0.0432. The van der Waals surface area contributed by atoms with Gasteiger partial charge in [0.2, 0.25) is 0 Å². The normalized spacial score (nSPS) is 11.5. The van der Waals surface area contributed by atoms with Crippen LogP contribution in [0.1, 0.15) is 25.7 Å². The Morgan fingerprint density at radius 3 is 2.50 bits per heavy atom. The highest BCUT2D eigenvalue weighted by Gasteiger charge is 1.99. The molecule has 0 radical (unpaired) electrons. The molecule has 0 rings (SSSR count). The van der Waals surface area contributed by atoms with Crippen molar-refractivity contribution in [2.75, 3.05) is 0 Å². The zero-order chi connectivity index (χ0) is 7.82. The summed E-state index contributed by atoms with van der Waals surface area (Å²) in [6.07, 6.45) is 2.52. The van der Waals surface area contributed by atoms with Gasteiger partial charge in [0.15, 0.2) is 0 Å². The third-order valence-corrected chi connectivity index (χ3v) is 1.22. The molecule has 0 aliphatic heterocycles. The summed E-state index contributed by atoms with van der Waals surface area (Å²) in [5.41, 5.74) is 5.49. The van der Waals surface area contributed by atoms with E-state index in [1.807, 2.05) is 12.1 Å². The van der Waals surface area contributed by atoms with Crippen LogP contribution in [0.4, 0.5) is 0 Å². The van der Waals surface area contributed by atoms with Crippen LogP contribution in [-0.2, 0) is 0 Å². The second kappa shape index (κ2) is 6.07. The van der Waals surface area contributed by atoms with E-state index in [0.717, 1.165) is 12.8 Å². The van der Waals surface area contributed by atoms with Crippen LogP contribution in [0.2, 0.25) is 0 Å². The molecule has 0 heterocycles. The first-order valence-electron chi connectivity index (χ1n) is 3.30. The highest BCUT2D eigenvalue weighted by molar-refractivity contribution is 4.79. The van der Waals surface area contributed by atoms with Crippen LogP contribution in [0.3, 0.4) is 0 Å². The van der Waals surface area contributed by atoms with Gasteiger partial charge < -0.3 is 5.73 Å². The van der Waals surface area contributed by atoms with Gasteiger partial charge in [0, 0.05) is 12.5 Å². The van der Waals surface area contributed by atoms with Crippen LogP contribution in [0, 0.1) is 22.7 Å². The zero-order valence-electron chi connectivity index (χ0n) is 5.88. The number of nitriles is 2. The minimum Gasteiger partial charge on any atom is -0.327 e. The quantitative estimate of drug-likeness (QED) is 0.585. The Labute approximate surface area is 61.1 Å². The zero-order valence-corrected chi connectivity index (χ0v) is 5.88. The van der Waals surface area contributed by atoms with Crippen LogP contribution >= 0.6 is 0 Å². The molecule has 0 saturated carbocycles. The second-order valence-electron chi connectivity index (χ2n) is 2.17. The van der Waals surface area contributed by atoms with Crippen molar-refractivity contribution in [3.63, 3.8) is 0 Å². The van der Waals surface area contributed by atoms with E-state index < -0.39 is 0 Å². The summed E-state index contributed by atoms with van der Waals surface area (Å²) in [4.78, 5) is 0. The predicted octanol–water partition coefficient (Wildman–Crippen LogP) is 0.921. The monoisotopic (exact) mass is 137 g/mol.